The fraction of sp³-hybridized carbons (Fsp3) is 0.344. The largest absolute Gasteiger partial charge is 0.478 e. The van der Waals surface area contributed by atoms with Gasteiger partial charge < -0.3 is 10.0 Å². The lowest BCUT2D eigenvalue weighted by Crippen LogP contribution is -2.47. The molecule has 210 valence electrons. The predicted octanol–water partition coefficient (Wildman–Crippen LogP) is 7.67. The first-order valence-corrected chi connectivity index (χ1v) is 13.5. The molecule has 3 aromatic carbocycles. The smallest absolute Gasteiger partial charge is 0.419 e. The number of aromatic carboxylic acids is 1. The van der Waals surface area contributed by atoms with E-state index in [0.29, 0.717) is 47.5 Å². The van der Waals surface area contributed by atoms with Gasteiger partial charge in [-0.2, -0.15) is 13.2 Å². The highest BCUT2D eigenvalue weighted by Gasteiger charge is 2.38. The van der Waals surface area contributed by atoms with Crippen LogP contribution >= 0.6 is 0 Å². The number of carboxylic acid groups (broad SMARTS) is 1. The van der Waals surface area contributed by atoms with Crippen molar-refractivity contribution in [3.63, 3.8) is 0 Å². The molecule has 0 saturated carbocycles. The van der Waals surface area contributed by atoms with E-state index in [1.807, 2.05) is 24.3 Å². The Hall–Kier alpha value is -3.52. The van der Waals surface area contributed by atoms with Gasteiger partial charge in [0, 0.05) is 19.6 Å². The average Bonchev–Trinajstić information content (AvgIpc) is 3.08. The first-order chi connectivity index (χ1) is 19.2. The van der Waals surface area contributed by atoms with Crippen molar-refractivity contribution in [1.29, 1.82) is 0 Å². The van der Waals surface area contributed by atoms with E-state index < -0.39 is 23.5 Å². The SMILES string of the molecule is O=C(O)c1ccc2c(c1)CCCC(c1cccc(F)c1C(F)(F)F)=C2c1ccc(CC2CN(CCCF)C2)cc1. The zero-order chi connectivity index (χ0) is 28.4. The first kappa shape index (κ1) is 28.0. The number of benzene rings is 3. The molecule has 0 spiro atoms. The summed E-state index contributed by atoms with van der Waals surface area (Å²) in [4.78, 5) is 13.9. The Labute approximate surface area is 229 Å². The molecule has 2 aliphatic rings. The summed E-state index contributed by atoms with van der Waals surface area (Å²) in [5.41, 5.74) is 2.78. The van der Waals surface area contributed by atoms with Crippen LogP contribution in [0.3, 0.4) is 0 Å². The predicted molar refractivity (Wildman–Crippen MR) is 144 cm³/mol. The molecule has 3 aromatic rings. The van der Waals surface area contributed by atoms with Gasteiger partial charge in [0.05, 0.1) is 17.8 Å². The van der Waals surface area contributed by atoms with Gasteiger partial charge in [0.2, 0.25) is 0 Å². The van der Waals surface area contributed by atoms with Gasteiger partial charge in [-0.25, -0.2) is 9.18 Å². The van der Waals surface area contributed by atoms with Crippen molar-refractivity contribution in [2.24, 2.45) is 5.92 Å². The summed E-state index contributed by atoms with van der Waals surface area (Å²) in [5.74, 6) is -1.93. The summed E-state index contributed by atoms with van der Waals surface area (Å²) >= 11 is 0. The van der Waals surface area contributed by atoms with Gasteiger partial charge in [0.1, 0.15) is 5.82 Å². The highest BCUT2D eigenvalue weighted by atomic mass is 19.4. The summed E-state index contributed by atoms with van der Waals surface area (Å²) in [7, 11) is 0. The summed E-state index contributed by atoms with van der Waals surface area (Å²) in [6.45, 7) is 2.26. The van der Waals surface area contributed by atoms with Crippen LogP contribution in [0.5, 0.6) is 0 Å². The number of halogens is 5. The van der Waals surface area contributed by atoms with Crippen LogP contribution in [0.25, 0.3) is 11.1 Å². The third-order valence-corrected chi connectivity index (χ3v) is 7.83. The van der Waals surface area contributed by atoms with Gasteiger partial charge in [0.15, 0.2) is 0 Å². The fourth-order valence-electron chi connectivity index (χ4n) is 6.00. The molecule has 0 amide bonds. The molecule has 1 N–H and O–H groups in total. The molecule has 0 radical (unpaired) electrons. The van der Waals surface area contributed by atoms with E-state index in [1.165, 1.54) is 18.2 Å². The molecule has 0 aromatic heterocycles. The number of allylic oxidation sites excluding steroid dienone is 1. The Morgan fingerprint density at radius 2 is 1.73 bits per heavy atom. The third kappa shape index (κ3) is 5.82. The lowest BCUT2D eigenvalue weighted by molar-refractivity contribution is -0.140. The van der Waals surface area contributed by atoms with Crippen LogP contribution in [0.2, 0.25) is 0 Å². The zero-order valence-corrected chi connectivity index (χ0v) is 21.9. The van der Waals surface area contributed by atoms with Gasteiger partial charge in [-0.15, -0.1) is 0 Å². The minimum absolute atomic E-state index is 0.111. The molecular weight excluding hydrogens is 525 g/mol. The van der Waals surface area contributed by atoms with Crippen LogP contribution in [0.1, 0.15) is 63.0 Å². The second-order valence-corrected chi connectivity index (χ2v) is 10.6. The number of hydrogen-bond donors (Lipinski definition) is 1. The molecule has 0 unspecified atom stereocenters. The van der Waals surface area contributed by atoms with Crippen LogP contribution in [-0.4, -0.2) is 42.3 Å². The Morgan fingerprint density at radius 3 is 2.40 bits per heavy atom. The van der Waals surface area contributed by atoms with Crippen molar-refractivity contribution >= 4 is 17.1 Å². The molecular formula is C32H30F5NO2. The first-order valence-electron chi connectivity index (χ1n) is 13.5. The third-order valence-electron chi connectivity index (χ3n) is 7.83. The molecule has 40 heavy (non-hydrogen) atoms. The van der Waals surface area contributed by atoms with Gasteiger partial charge in [-0.1, -0.05) is 42.5 Å². The van der Waals surface area contributed by atoms with Crippen LogP contribution < -0.4 is 0 Å². The van der Waals surface area contributed by atoms with E-state index in [1.54, 1.807) is 12.1 Å². The highest BCUT2D eigenvalue weighted by molar-refractivity contribution is 6.01. The van der Waals surface area contributed by atoms with Gasteiger partial charge >= 0.3 is 12.1 Å². The minimum Gasteiger partial charge on any atom is -0.478 e. The number of likely N-dealkylation sites (tertiary alicyclic amines) is 1. The van der Waals surface area contributed by atoms with Crippen molar-refractivity contribution in [3.8, 4) is 0 Å². The maximum absolute atomic E-state index is 14.6. The molecule has 5 rings (SSSR count). The van der Waals surface area contributed by atoms with E-state index in [0.717, 1.165) is 43.2 Å². The Balaban J connectivity index is 1.57. The lowest BCUT2D eigenvalue weighted by atomic mass is 9.85. The molecule has 0 bridgehead atoms. The van der Waals surface area contributed by atoms with Gasteiger partial charge in [0.25, 0.3) is 0 Å². The summed E-state index contributed by atoms with van der Waals surface area (Å²) in [6.07, 6.45) is -2.25. The van der Waals surface area contributed by atoms with E-state index in [-0.39, 0.29) is 24.2 Å². The Bertz CT molecular complexity index is 1420. The maximum atomic E-state index is 14.6. The van der Waals surface area contributed by atoms with Crippen LogP contribution in [-0.2, 0) is 19.0 Å². The Morgan fingerprint density at radius 1 is 0.975 bits per heavy atom. The molecule has 8 heteroatoms. The second-order valence-electron chi connectivity index (χ2n) is 10.6. The monoisotopic (exact) mass is 555 g/mol. The summed E-state index contributed by atoms with van der Waals surface area (Å²) < 4.78 is 69.4. The van der Waals surface area contributed by atoms with Crippen LogP contribution in [0.15, 0.2) is 60.7 Å². The van der Waals surface area contributed by atoms with Crippen LogP contribution in [0, 0.1) is 11.7 Å². The molecule has 0 atom stereocenters. The molecule has 1 heterocycles. The average molecular weight is 556 g/mol. The van der Waals surface area contributed by atoms with Crippen molar-refractivity contribution in [2.75, 3.05) is 26.3 Å². The highest BCUT2D eigenvalue weighted by Crippen LogP contribution is 2.45. The normalized spacial score (nSPS) is 16.4. The van der Waals surface area contributed by atoms with E-state index in [2.05, 4.69) is 4.90 Å². The quantitative estimate of drug-likeness (QED) is 0.290. The van der Waals surface area contributed by atoms with E-state index >= 15 is 0 Å². The number of aryl methyl sites for hydroxylation is 1. The summed E-state index contributed by atoms with van der Waals surface area (Å²) in [6, 6.07) is 15.8. The Kier molecular flexibility index (Phi) is 8.08. The minimum atomic E-state index is -4.88. The summed E-state index contributed by atoms with van der Waals surface area (Å²) in [5, 5.41) is 9.51. The van der Waals surface area contributed by atoms with Crippen molar-refractivity contribution in [3.05, 3.63) is 105 Å². The lowest BCUT2D eigenvalue weighted by Gasteiger charge is -2.39. The fourth-order valence-corrected chi connectivity index (χ4v) is 6.00. The van der Waals surface area contributed by atoms with Gasteiger partial charge in [-0.05, 0) is 95.2 Å². The number of fused-ring (bicyclic) bond motifs is 1. The van der Waals surface area contributed by atoms with Crippen molar-refractivity contribution in [2.45, 2.75) is 38.3 Å². The standard InChI is InChI=1S/C32H30F5NO2/c33-14-3-15-38-18-21(19-38)16-20-8-10-22(11-9-20)29-25-13-12-24(31(39)40)17-23(25)4-1-5-26(29)27-6-2-7-28(34)30(27)32(35,36)37/h2,6-13,17,21H,1,3-5,14-16,18-19H2,(H,39,40). The molecule has 3 nitrogen and oxygen atoms in total. The second kappa shape index (κ2) is 11.5. The number of carboxylic acids is 1. The van der Waals surface area contributed by atoms with E-state index in [9.17, 15) is 31.9 Å². The number of carbonyl (C=O) groups is 1. The number of rotatable bonds is 8. The van der Waals surface area contributed by atoms with Gasteiger partial charge in [-0.3, -0.25) is 4.39 Å². The van der Waals surface area contributed by atoms with Crippen molar-refractivity contribution < 1.29 is 31.9 Å². The number of hydrogen-bond acceptors (Lipinski definition) is 2. The molecule has 1 aliphatic carbocycles. The number of nitrogens with zero attached hydrogens (tertiary/aromatic N) is 1. The number of alkyl halides is 4. The van der Waals surface area contributed by atoms with Crippen LogP contribution in [0.4, 0.5) is 22.0 Å². The maximum Gasteiger partial charge on any atom is 0.419 e. The molecule has 1 saturated heterocycles. The van der Waals surface area contributed by atoms with E-state index in [4.69, 9.17) is 0 Å². The topological polar surface area (TPSA) is 40.5 Å². The van der Waals surface area contributed by atoms with Crippen molar-refractivity contribution in [1.82, 2.24) is 4.90 Å². The molecule has 1 aliphatic heterocycles. The zero-order valence-electron chi connectivity index (χ0n) is 21.9. The molecule has 1 fully saturated rings.